The number of aliphatic hydroxyl groups is 1. The SMILES string of the molecule is C=CCCCCOC(=O)[C@H]1[C@H]2C(=O)N([C@@H](CO)Cc3ccccc3)C(C(=O)N(CC=C)Cn3nnc4ccccc43)C23CC[C@]1(CC)O3. The Morgan fingerprint density at radius 3 is 2.62 bits per heavy atom. The number of hydrogen-bond donors (Lipinski definition) is 1. The maximum absolute atomic E-state index is 15.0. The molecule has 4 heterocycles. The van der Waals surface area contributed by atoms with Gasteiger partial charge in [0.1, 0.15) is 29.7 Å². The Morgan fingerprint density at radius 2 is 1.90 bits per heavy atom. The Balaban J connectivity index is 1.39. The molecule has 2 amide bonds. The first-order valence-corrected chi connectivity index (χ1v) is 17.0. The molecule has 1 aromatic heterocycles. The van der Waals surface area contributed by atoms with E-state index in [9.17, 15) is 14.7 Å². The maximum Gasteiger partial charge on any atom is 0.312 e. The van der Waals surface area contributed by atoms with Gasteiger partial charge in [0, 0.05) is 6.54 Å². The molecular formula is C37H45N5O6. The van der Waals surface area contributed by atoms with Crippen LogP contribution in [0.1, 0.15) is 51.0 Å². The third-order valence-electron chi connectivity index (χ3n) is 10.5. The number of carbonyl (C=O) groups excluding carboxylic acids is 3. The van der Waals surface area contributed by atoms with Crippen LogP contribution in [0, 0.1) is 11.8 Å². The standard InChI is InChI=1S/C37H45N5O6/c1-4-7-8-14-22-47-35(46)31-30-33(44)42(27(24-43)23-26-15-10-9-11-16-26)32(37(30)20-19-36(31,6-3)48-37)34(45)40(21-5-2)25-41-29-18-13-12-17-28(29)38-39-41/h4-5,9-13,15-18,27,30-32,43H,1-2,6-8,14,19-25H2,3H3/t27-,30+,31-,32?,36+,37?/m1/s1. The van der Waals surface area contributed by atoms with Crippen molar-refractivity contribution < 1.29 is 29.0 Å². The molecule has 0 saturated carbocycles. The minimum absolute atomic E-state index is 0.0578. The molecule has 3 aromatic rings. The van der Waals surface area contributed by atoms with E-state index >= 15 is 4.79 Å². The Kier molecular flexibility index (Phi) is 9.80. The molecule has 1 N–H and O–H groups in total. The zero-order valence-electron chi connectivity index (χ0n) is 27.6. The first-order chi connectivity index (χ1) is 23.3. The fourth-order valence-electron chi connectivity index (χ4n) is 8.21. The first kappa shape index (κ1) is 33.5. The summed E-state index contributed by atoms with van der Waals surface area (Å²) in [7, 11) is 0. The molecular weight excluding hydrogens is 610 g/mol. The summed E-state index contributed by atoms with van der Waals surface area (Å²) in [4.78, 5) is 46.9. The van der Waals surface area contributed by atoms with Crippen molar-refractivity contribution in [2.24, 2.45) is 11.8 Å². The highest BCUT2D eigenvalue weighted by atomic mass is 16.6. The van der Waals surface area contributed by atoms with Crippen LogP contribution in [0.25, 0.3) is 11.0 Å². The van der Waals surface area contributed by atoms with Gasteiger partial charge in [0.05, 0.1) is 36.3 Å². The number of hydrogen-bond acceptors (Lipinski definition) is 8. The summed E-state index contributed by atoms with van der Waals surface area (Å²) in [5.74, 6) is -2.99. The van der Waals surface area contributed by atoms with E-state index in [1.165, 1.54) is 4.90 Å². The van der Waals surface area contributed by atoms with Crippen molar-refractivity contribution >= 4 is 28.8 Å². The lowest BCUT2D eigenvalue weighted by atomic mass is 9.65. The number of esters is 1. The number of unbranched alkanes of at least 4 members (excludes halogenated alkanes) is 2. The molecule has 1 spiro atoms. The minimum Gasteiger partial charge on any atom is -0.465 e. The normalized spacial score (nSPS) is 26.4. The zero-order chi connectivity index (χ0) is 33.9. The van der Waals surface area contributed by atoms with Crippen LogP contribution in [0.3, 0.4) is 0 Å². The predicted molar refractivity (Wildman–Crippen MR) is 179 cm³/mol. The monoisotopic (exact) mass is 655 g/mol. The summed E-state index contributed by atoms with van der Waals surface area (Å²) in [6, 6.07) is 15.2. The van der Waals surface area contributed by atoms with E-state index in [0.29, 0.717) is 37.6 Å². The van der Waals surface area contributed by atoms with Gasteiger partial charge in [0.2, 0.25) is 11.8 Å². The highest BCUT2D eigenvalue weighted by Gasteiger charge is 2.79. The molecule has 6 atom stereocenters. The number of benzene rings is 2. The van der Waals surface area contributed by atoms with Crippen LogP contribution in [-0.2, 0) is 36.9 Å². The van der Waals surface area contributed by atoms with Crippen molar-refractivity contribution in [3.63, 3.8) is 0 Å². The molecule has 2 bridgehead atoms. The van der Waals surface area contributed by atoms with E-state index in [1.54, 1.807) is 15.7 Å². The van der Waals surface area contributed by atoms with E-state index < -0.39 is 41.1 Å². The number of likely N-dealkylation sites (tertiary alicyclic amines) is 1. The highest BCUT2D eigenvalue weighted by Crippen LogP contribution is 2.65. The number of para-hydroxylation sites is 1. The third kappa shape index (κ3) is 5.72. The highest BCUT2D eigenvalue weighted by molar-refractivity contribution is 5.98. The molecule has 2 unspecified atom stereocenters. The molecule has 6 rings (SSSR count). The summed E-state index contributed by atoms with van der Waals surface area (Å²) >= 11 is 0. The lowest BCUT2D eigenvalue weighted by molar-refractivity contribution is -0.164. The molecule has 2 aromatic carbocycles. The smallest absolute Gasteiger partial charge is 0.312 e. The van der Waals surface area contributed by atoms with Crippen molar-refractivity contribution in [2.45, 2.75) is 81.8 Å². The predicted octanol–water partition coefficient (Wildman–Crippen LogP) is 4.06. The van der Waals surface area contributed by atoms with Crippen molar-refractivity contribution in [1.82, 2.24) is 24.8 Å². The number of nitrogens with zero attached hydrogens (tertiary/aromatic N) is 5. The number of amides is 2. The molecule has 0 radical (unpaired) electrons. The quantitative estimate of drug-likeness (QED) is 0.139. The largest absolute Gasteiger partial charge is 0.465 e. The second kappa shape index (κ2) is 14.0. The van der Waals surface area contributed by atoms with Gasteiger partial charge >= 0.3 is 5.97 Å². The van der Waals surface area contributed by atoms with Gasteiger partial charge in [-0.05, 0) is 62.6 Å². The van der Waals surface area contributed by atoms with Gasteiger partial charge in [-0.3, -0.25) is 14.4 Å². The van der Waals surface area contributed by atoms with Crippen molar-refractivity contribution in [2.75, 3.05) is 19.8 Å². The molecule has 0 aliphatic carbocycles. The van der Waals surface area contributed by atoms with Gasteiger partial charge < -0.3 is 24.4 Å². The Morgan fingerprint density at radius 1 is 1.12 bits per heavy atom. The van der Waals surface area contributed by atoms with Crippen LogP contribution in [0.15, 0.2) is 79.9 Å². The Bertz CT molecular complexity index is 1660. The molecule has 3 fully saturated rings. The number of carbonyl (C=O) groups is 3. The molecule has 254 valence electrons. The number of aliphatic hydroxyl groups excluding tert-OH is 1. The Hall–Kier alpha value is -4.35. The summed E-state index contributed by atoms with van der Waals surface area (Å²) in [6.45, 7) is 9.69. The van der Waals surface area contributed by atoms with Gasteiger partial charge in [0.25, 0.3) is 0 Å². The van der Waals surface area contributed by atoms with Crippen LogP contribution in [0.4, 0.5) is 0 Å². The van der Waals surface area contributed by atoms with Gasteiger partial charge in [-0.25, -0.2) is 4.68 Å². The van der Waals surface area contributed by atoms with Gasteiger partial charge in [-0.1, -0.05) is 66.8 Å². The average Bonchev–Trinajstić information content (AvgIpc) is 3.84. The Labute approximate surface area is 281 Å². The molecule has 3 saturated heterocycles. The summed E-state index contributed by atoms with van der Waals surface area (Å²) in [5.41, 5.74) is 0.156. The molecule has 48 heavy (non-hydrogen) atoms. The van der Waals surface area contributed by atoms with E-state index in [-0.39, 0.29) is 38.2 Å². The van der Waals surface area contributed by atoms with E-state index in [2.05, 4.69) is 23.5 Å². The molecule has 11 heteroatoms. The average molecular weight is 656 g/mol. The van der Waals surface area contributed by atoms with Crippen LogP contribution in [0.2, 0.25) is 0 Å². The third-order valence-corrected chi connectivity index (χ3v) is 10.5. The van der Waals surface area contributed by atoms with E-state index in [1.807, 2.05) is 67.6 Å². The van der Waals surface area contributed by atoms with Crippen molar-refractivity contribution in [3.05, 3.63) is 85.5 Å². The van der Waals surface area contributed by atoms with Crippen molar-refractivity contribution in [3.8, 4) is 0 Å². The fraction of sp³-hybridized carbons (Fsp3) is 0.486. The number of aromatic nitrogens is 3. The van der Waals surface area contributed by atoms with Crippen LogP contribution < -0.4 is 0 Å². The lowest BCUT2D eigenvalue weighted by Gasteiger charge is -2.39. The van der Waals surface area contributed by atoms with Gasteiger partial charge in [-0.15, -0.1) is 18.3 Å². The van der Waals surface area contributed by atoms with E-state index in [0.717, 1.165) is 23.9 Å². The van der Waals surface area contributed by atoms with Crippen LogP contribution in [-0.4, -0.2) is 90.7 Å². The number of fused-ring (bicyclic) bond motifs is 2. The second-order valence-corrected chi connectivity index (χ2v) is 13.1. The van der Waals surface area contributed by atoms with E-state index in [4.69, 9.17) is 9.47 Å². The lowest BCUT2D eigenvalue weighted by Crippen LogP contribution is -2.59. The molecule has 11 nitrogen and oxygen atoms in total. The topological polar surface area (TPSA) is 127 Å². The van der Waals surface area contributed by atoms with Crippen molar-refractivity contribution in [1.29, 1.82) is 0 Å². The number of rotatable bonds is 16. The summed E-state index contributed by atoms with van der Waals surface area (Å²) in [5, 5.41) is 19.4. The summed E-state index contributed by atoms with van der Waals surface area (Å²) < 4.78 is 14.4. The fourth-order valence-corrected chi connectivity index (χ4v) is 8.21. The zero-order valence-corrected chi connectivity index (χ0v) is 27.6. The minimum atomic E-state index is -1.27. The van der Waals surface area contributed by atoms with Crippen LogP contribution in [0.5, 0.6) is 0 Å². The first-order valence-electron chi connectivity index (χ1n) is 17.0. The molecule has 3 aliphatic heterocycles. The van der Waals surface area contributed by atoms with Crippen LogP contribution >= 0.6 is 0 Å². The van der Waals surface area contributed by atoms with Gasteiger partial charge in [0.15, 0.2) is 0 Å². The molecule has 3 aliphatic rings. The number of ether oxygens (including phenoxy) is 2. The number of allylic oxidation sites excluding steroid dienone is 1. The maximum atomic E-state index is 15.0. The summed E-state index contributed by atoms with van der Waals surface area (Å²) in [6.07, 6.45) is 7.55. The van der Waals surface area contributed by atoms with Gasteiger partial charge in [-0.2, -0.15) is 0 Å². The second-order valence-electron chi connectivity index (χ2n) is 13.1.